The summed E-state index contributed by atoms with van der Waals surface area (Å²) >= 11 is 0. The fourth-order valence-electron chi connectivity index (χ4n) is 2.08. The largest absolute Gasteiger partial charge is 0.365 e. The molecule has 2 heterocycles. The standard InChI is InChI=1S/C16H11N5O/c17-7-11(15(18)22)6-12-8-19-16-14(12)21-13(9-20-16)10-4-2-1-3-5-10/h1-6,8-9H,(H2,18,22)(H,19,20)/b11-6+. The van der Waals surface area contributed by atoms with Gasteiger partial charge in [-0.1, -0.05) is 30.3 Å². The Labute approximate surface area is 125 Å². The summed E-state index contributed by atoms with van der Waals surface area (Å²) in [6, 6.07) is 11.4. The number of H-pyrrole nitrogens is 1. The average molecular weight is 289 g/mol. The van der Waals surface area contributed by atoms with E-state index in [0.717, 1.165) is 5.56 Å². The van der Waals surface area contributed by atoms with Crippen LogP contribution >= 0.6 is 0 Å². The lowest BCUT2D eigenvalue weighted by Gasteiger charge is -2.00. The van der Waals surface area contributed by atoms with Gasteiger partial charge in [0, 0.05) is 17.3 Å². The molecule has 1 aromatic carbocycles. The molecule has 0 saturated heterocycles. The molecular formula is C16H11N5O. The fourth-order valence-corrected chi connectivity index (χ4v) is 2.08. The van der Waals surface area contributed by atoms with Crippen LogP contribution in [0.2, 0.25) is 0 Å². The number of carbonyl (C=O) groups is 1. The number of primary amides is 1. The van der Waals surface area contributed by atoms with Crippen LogP contribution in [0.1, 0.15) is 5.56 Å². The molecule has 0 aliphatic heterocycles. The van der Waals surface area contributed by atoms with E-state index in [-0.39, 0.29) is 5.57 Å². The smallest absolute Gasteiger partial charge is 0.259 e. The number of aromatic nitrogens is 3. The lowest BCUT2D eigenvalue weighted by molar-refractivity contribution is -0.114. The van der Waals surface area contributed by atoms with Gasteiger partial charge < -0.3 is 10.7 Å². The highest BCUT2D eigenvalue weighted by atomic mass is 16.1. The van der Waals surface area contributed by atoms with Crippen LogP contribution in [0, 0.1) is 11.3 Å². The van der Waals surface area contributed by atoms with Crippen LogP contribution in [0.3, 0.4) is 0 Å². The Morgan fingerprint density at radius 1 is 1.32 bits per heavy atom. The number of hydrogen-bond donors (Lipinski definition) is 2. The van der Waals surface area contributed by atoms with Gasteiger partial charge in [0.15, 0.2) is 5.65 Å². The third kappa shape index (κ3) is 2.43. The highest BCUT2D eigenvalue weighted by Gasteiger charge is 2.10. The van der Waals surface area contributed by atoms with Crippen LogP contribution in [-0.4, -0.2) is 20.9 Å². The molecule has 0 spiro atoms. The normalized spacial score (nSPS) is 11.3. The van der Waals surface area contributed by atoms with E-state index in [1.54, 1.807) is 18.5 Å². The van der Waals surface area contributed by atoms with E-state index in [4.69, 9.17) is 11.0 Å². The first kappa shape index (κ1) is 13.5. The van der Waals surface area contributed by atoms with Crippen LogP contribution in [0.15, 0.2) is 48.3 Å². The van der Waals surface area contributed by atoms with Crippen molar-refractivity contribution in [2.45, 2.75) is 0 Å². The van der Waals surface area contributed by atoms with E-state index < -0.39 is 5.91 Å². The summed E-state index contributed by atoms with van der Waals surface area (Å²) in [5, 5.41) is 8.93. The minimum absolute atomic E-state index is 0.132. The van der Waals surface area contributed by atoms with Crippen molar-refractivity contribution in [1.29, 1.82) is 5.26 Å². The second-order valence-corrected chi connectivity index (χ2v) is 4.60. The Morgan fingerprint density at radius 3 is 2.77 bits per heavy atom. The molecule has 0 bridgehead atoms. The van der Waals surface area contributed by atoms with E-state index in [0.29, 0.717) is 22.4 Å². The maximum absolute atomic E-state index is 11.2. The maximum Gasteiger partial charge on any atom is 0.259 e. The van der Waals surface area contributed by atoms with E-state index in [1.807, 2.05) is 30.3 Å². The molecule has 1 amide bonds. The van der Waals surface area contributed by atoms with Gasteiger partial charge in [-0.05, 0) is 6.08 Å². The van der Waals surface area contributed by atoms with Gasteiger partial charge in [-0.25, -0.2) is 9.97 Å². The predicted molar refractivity (Wildman–Crippen MR) is 82.1 cm³/mol. The van der Waals surface area contributed by atoms with Crippen LogP contribution in [0.5, 0.6) is 0 Å². The first-order valence-corrected chi connectivity index (χ1v) is 6.50. The quantitative estimate of drug-likeness (QED) is 0.567. The highest BCUT2D eigenvalue weighted by Crippen LogP contribution is 2.22. The Bertz CT molecular complexity index is 919. The van der Waals surface area contributed by atoms with Gasteiger partial charge in [-0.3, -0.25) is 4.79 Å². The number of nitrogens with one attached hydrogen (secondary N) is 1. The molecule has 0 unspecified atom stereocenters. The molecule has 6 heteroatoms. The van der Waals surface area contributed by atoms with E-state index >= 15 is 0 Å². The van der Waals surface area contributed by atoms with Crippen molar-refractivity contribution < 1.29 is 4.79 Å². The molecule has 3 aromatic rings. The second kappa shape index (κ2) is 5.50. The third-order valence-electron chi connectivity index (χ3n) is 3.17. The number of rotatable bonds is 3. The van der Waals surface area contributed by atoms with Crippen LogP contribution in [0.25, 0.3) is 28.5 Å². The summed E-state index contributed by atoms with van der Waals surface area (Å²) in [6.07, 6.45) is 4.71. The number of amides is 1. The van der Waals surface area contributed by atoms with Gasteiger partial charge in [0.05, 0.1) is 11.9 Å². The van der Waals surface area contributed by atoms with Crippen molar-refractivity contribution >= 4 is 23.1 Å². The summed E-state index contributed by atoms with van der Waals surface area (Å²) in [7, 11) is 0. The fraction of sp³-hybridized carbons (Fsp3) is 0. The van der Waals surface area contributed by atoms with Crippen molar-refractivity contribution in [1.82, 2.24) is 15.0 Å². The molecule has 0 atom stereocenters. The topological polar surface area (TPSA) is 108 Å². The maximum atomic E-state index is 11.2. The van der Waals surface area contributed by atoms with Gasteiger partial charge in [-0.2, -0.15) is 5.26 Å². The lowest BCUT2D eigenvalue weighted by Crippen LogP contribution is -2.12. The van der Waals surface area contributed by atoms with E-state index in [1.165, 1.54) is 6.08 Å². The zero-order chi connectivity index (χ0) is 15.5. The molecule has 3 N–H and O–H groups in total. The van der Waals surface area contributed by atoms with Gasteiger partial charge in [-0.15, -0.1) is 0 Å². The lowest BCUT2D eigenvalue weighted by atomic mass is 10.1. The van der Waals surface area contributed by atoms with Crippen molar-refractivity contribution in [3.8, 4) is 17.3 Å². The Morgan fingerprint density at radius 2 is 2.09 bits per heavy atom. The van der Waals surface area contributed by atoms with Crippen LogP contribution < -0.4 is 5.73 Å². The van der Waals surface area contributed by atoms with Crippen molar-refractivity contribution in [3.05, 3.63) is 53.9 Å². The number of hydrogen-bond acceptors (Lipinski definition) is 4. The molecule has 0 aliphatic carbocycles. The third-order valence-corrected chi connectivity index (χ3v) is 3.17. The van der Waals surface area contributed by atoms with Gasteiger partial charge in [0.25, 0.3) is 5.91 Å². The number of nitriles is 1. The van der Waals surface area contributed by atoms with Crippen LogP contribution in [0.4, 0.5) is 0 Å². The summed E-state index contributed by atoms with van der Waals surface area (Å²) in [6.45, 7) is 0. The SMILES string of the molecule is N#C/C(=C\c1c[nH]c2ncc(-c3ccccc3)nc12)C(N)=O. The first-order chi connectivity index (χ1) is 10.7. The summed E-state index contributed by atoms with van der Waals surface area (Å²) < 4.78 is 0. The average Bonchev–Trinajstić information content (AvgIpc) is 2.95. The Balaban J connectivity index is 2.14. The van der Waals surface area contributed by atoms with Gasteiger partial charge >= 0.3 is 0 Å². The molecule has 0 radical (unpaired) electrons. The van der Waals surface area contributed by atoms with Crippen molar-refractivity contribution in [2.75, 3.05) is 0 Å². The van der Waals surface area contributed by atoms with E-state index in [9.17, 15) is 4.79 Å². The zero-order valence-electron chi connectivity index (χ0n) is 11.4. The zero-order valence-corrected chi connectivity index (χ0v) is 11.4. The summed E-state index contributed by atoms with van der Waals surface area (Å²) in [4.78, 5) is 23.0. The first-order valence-electron chi connectivity index (χ1n) is 6.50. The number of fused-ring (bicyclic) bond motifs is 1. The molecule has 3 rings (SSSR count). The van der Waals surface area contributed by atoms with Gasteiger partial charge in [0.2, 0.25) is 0 Å². The van der Waals surface area contributed by atoms with Crippen molar-refractivity contribution in [2.24, 2.45) is 5.73 Å². The minimum atomic E-state index is -0.774. The Hall–Kier alpha value is -3.46. The Kier molecular flexibility index (Phi) is 3.38. The van der Waals surface area contributed by atoms with Crippen molar-refractivity contribution in [3.63, 3.8) is 0 Å². The van der Waals surface area contributed by atoms with Crippen LogP contribution in [-0.2, 0) is 4.79 Å². The minimum Gasteiger partial charge on any atom is -0.365 e. The molecule has 0 aliphatic rings. The molecular weight excluding hydrogens is 278 g/mol. The molecule has 2 aromatic heterocycles. The number of nitrogens with two attached hydrogens (primary N) is 1. The van der Waals surface area contributed by atoms with E-state index in [2.05, 4.69) is 15.0 Å². The second-order valence-electron chi connectivity index (χ2n) is 4.60. The number of aromatic amines is 1. The summed E-state index contributed by atoms with van der Waals surface area (Å²) in [5.41, 5.74) is 8.41. The highest BCUT2D eigenvalue weighted by molar-refractivity contribution is 6.02. The predicted octanol–water partition coefficient (Wildman–Crippen LogP) is 2.02. The molecule has 22 heavy (non-hydrogen) atoms. The number of benzene rings is 1. The molecule has 0 saturated carbocycles. The molecule has 6 nitrogen and oxygen atoms in total. The van der Waals surface area contributed by atoms with Gasteiger partial charge in [0.1, 0.15) is 17.2 Å². The number of nitrogens with zero attached hydrogens (tertiary/aromatic N) is 3. The summed E-state index contributed by atoms with van der Waals surface area (Å²) in [5.74, 6) is -0.774. The number of carbonyl (C=O) groups excluding carboxylic acids is 1. The monoisotopic (exact) mass is 289 g/mol. The molecule has 0 fully saturated rings. The molecule has 106 valence electrons.